The fraction of sp³-hybridized carbons (Fsp3) is 0.588. The number of carboxylic acid groups (broad SMARTS) is 1. The number of aliphatic carboxylic acids is 1. The Morgan fingerprint density at radius 2 is 2.00 bits per heavy atom. The van der Waals surface area contributed by atoms with E-state index in [1.165, 1.54) is 12.5 Å². The molecule has 0 saturated heterocycles. The highest BCUT2D eigenvalue weighted by Gasteiger charge is 2.38. The van der Waals surface area contributed by atoms with Gasteiger partial charge in [0.05, 0.1) is 6.42 Å². The van der Waals surface area contributed by atoms with Gasteiger partial charge in [0, 0.05) is 12.1 Å². The third kappa shape index (κ3) is 3.82. The maximum atomic E-state index is 13.4. The van der Waals surface area contributed by atoms with Crippen LogP contribution in [0.4, 0.5) is 4.39 Å². The van der Waals surface area contributed by atoms with Crippen LogP contribution in [-0.2, 0) is 11.3 Å². The van der Waals surface area contributed by atoms with Gasteiger partial charge in [-0.15, -0.1) is 0 Å². The lowest BCUT2D eigenvalue weighted by Gasteiger charge is -2.44. The van der Waals surface area contributed by atoms with Crippen molar-refractivity contribution in [1.29, 1.82) is 0 Å². The second kappa shape index (κ2) is 6.56. The fourth-order valence-electron chi connectivity index (χ4n) is 3.42. The molecule has 116 valence electrons. The second-order valence-electron chi connectivity index (χ2n) is 6.28. The molecule has 4 heteroatoms. The summed E-state index contributed by atoms with van der Waals surface area (Å²) in [5, 5.41) is 9.26. The number of carboxylic acids is 1. The molecule has 2 rings (SSSR count). The van der Waals surface area contributed by atoms with Crippen LogP contribution in [0, 0.1) is 12.7 Å². The van der Waals surface area contributed by atoms with E-state index in [9.17, 15) is 14.3 Å². The smallest absolute Gasteiger partial charge is 0.305 e. The molecule has 21 heavy (non-hydrogen) atoms. The van der Waals surface area contributed by atoms with Gasteiger partial charge in [-0.1, -0.05) is 25.3 Å². The molecule has 0 spiro atoms. The first-order valence-electron chi connectivity index (χ1n) is 7.61. The Kier molecular flexibility index (Phi) is 4.99. The summed E-state index contributed by atoms with van der Waals surface area (Å²) >= 11 is 0. The zero-order valence-corrected chi connectivity index (χ0v) is 12.9. The molecule has 1 aromatic carbocycles. The van der Waals surface area contributed by atoms with E-state index >= 15 is 0 Å². The molecule has 0 aliphatic heterocycles. The summed E-state index contributed by atoms with van der Waals surface area (Å²) in [6.07, 6.45) is 5.29. The van der Waals surface area contributed by atoms with Crippen molar-refractivity contribution in [2.24, 2.45) is 0 Å². The lowest BCUT2D eigenvalue weighted by molar-refractivity contribution is -0.141. The molecule has 0 atom stereocenters. The number of aryl methyl sites for hydroxylation is 1. The van der Waals surface area contributed by atoms with Crippen LogP contribution in [0.2, 0.25) is 0 Å². The van der Waals surface area contributed by atoms with E-state index in [0.29, 0.717) is 6.54 Å². The van der Waals surface area contributed by atoms with E-state index in [2.05, 4.69) is 4.90 Å². The number of carbonyl (C=O) groups is 1. The number of hydrogen-bond donors (Lipinski definition) is 1. The molecule has 0 radical (unpaired) electrons. The van der Waals surface area contributed by atoms with Gasteiger partial charge in [-0.3, -0.25) is 9.69 Å². The molecule has 0 unspecified atom stereocenters. The van der Waals surface area contributed by atoms with Gasteiger partial charge < -0.3 is 5.11 Å². The van der Waals surface area contributed by atoms with E-state index in [1.807, 2.05) is 14.0 Å². The van der Waals surface area contributed by atoms with E-state index < -0.39 is 5.97 Å². The number of hydrogen-bond acceptors (Lipinski definition) is 2. The minimum atomic E-state index is -0.750. The molecule has 1 N–H and O–H groups in total. The molecule has 1 saturated carbocycles. The van der Waals surface area contributed by atoms with Gasteiger partial charge in [-0.05, 0) is 50.1 Å². The Labute approximate surface area is 125 Å². The zero-order valence-electron chi connectivity index (χ0n) is 12.9. The van der Waals surface area contributed by atoms with Gasteiger partial charge in [0.15, 0.2) is 0 Å². The number of nitrogens with zero attached hydrogens (tertiary/aromatic N) is 1. The van der Waals surface area contributed by atoms with Crippen molar-refractivity contribution in [1.82, 2.24) is 4.90 Å². The first-order valence-corrected chi connectivity index (χ1v) is 7.61. The van der Waals surface area contributed by atoms with Crippen molar-refractivity contribution in [2.45, 2.75) is 57.5 Å². The molecule has 1 fully saturated rings. The van der Waals surface area contributed by atoms with Crippen LogP contribution in [0.5, 0.6) is 0 Å². The lowest BCUT2D eigenvalue weighted by Crippen LogP contribution is -2.49. The maximum absolute atomic E-state index is 13.4. The average molecular weight is 293 g/mol. The molecule has 3 nitrogen and oxygen atoms in total. The minimum absolute atomic E-state index is 0.165. The predicted octanol–water partition coefficient (Wildman–Crippen LogP) is 3.74. The summed E-state index contributed by atoms with van der Waals surface area (Å²) in [6, 6.07) is 4.80. The van der Waals surface area contributed by atoms with Gasteiger partial charge in [-0.25, -0.2) is 4.39 Å². The van der Waals surface area contributed by atoms with Crippen molar-refractivity contribution in [3.63, 3.8) is 0 Å². The maximum Gasteiger partial charge on any atom is 0.305 e. The van der Waals surface area contributed by atoms with E-state index in [1.54, 1.807) is 12.1 Å². The quantitative estimate of drug-likeness (QED) is 0.899. The molecular weight excluding hydrogens is 269 g/mol. The summed E-state index contributed by atoms with van der Waals surface area (Å²) in [6.45, 7) is 2.56. The van der Waals surface area contributed by atoms with Crippen molar-refractivity contribution in [2.75, 3.05) is 7.05 Å². The summed E-state index contributed by atoms with van der Waals surface area (Å²) in [5.74, 6) is -0.986. The van der Waals surface area contributed by atoms with E-state index in [4.69, 9.17) is 0 Å². The standard InChI is InChI=1S/C17H24FNO2/c1-13-6-7-15(18)10-14(13)12-19(2)17(11-16(20)21)8-4-3-5-9-17/h6-7,10H,3-5,8-9,11-12H2,1-2H3,(H,20,21). The Morgan fingerprint density at radius 1 is 1.33 bits per heavy atom. The average Bonchev–Trinajstić information content (AvgIpc) is 2.43. The SMILES string of the molecule is Cc1ccc(F)cc1CN(C)C1(CC(=O)O)CCCCC1. The topological polar surface area (TPSA) is 40.5 Å². The van der Waals surface area contributed by atoms with Crippen molar-refractivity contribution in [3.8, 4) is 0 Å². The Morgan fingerprint density at radius 3 is 2.62 bits per heavy atom. The third-order valence-corrected chi connectivity index (χ3v) is 4.79. The van der Waals surface area contributed by atoms with E-state index in [0.717, 1.165) is 36.8 Å². The Bertz CT molecular complexity index is 510. The molecule has 0 amide bonds. The molecule has 1 aliphatic carbocycles. The second-order valence-corrected chi connectivity index (χ2v) is 6.28. The van der Waals surface area contributed by atoms with Crippen LogP contribution < -0.4 is 0 Å². The van der Waals surface area contributed by atoms with Gasteiger partial charge in [0.1, 0.15) is 5.82 Å². The first kappa shape index (κ1) is 16.0. The minimum Gasteiger partial charge on any atom is -0.481 e. The Hall–Kier alpha value is -1.42. The van der Waals surface area contributed by atoms with Crippen molar-refractivity contribution < 1.29 is 14.3 Å². The summed E-state index contributed by atoms with van der Waals surface area (Å²) in [4.78, 5) is 13.4. The van der Waals surface area contributed by atoms with Crippen LogP contribution in [-0.4, -0.2) is 28.6 Å². The lowest BCUT2D eigenvalue weighted by atomic mass is 9.78. The number of halogens is 1. The molecule has 0 aromatic heterocycles. The highest BCUT2D eigenvalue weighted by atomic mass is 19.1. The van der Waals surface area contributed by atoms with Gasteiger partial charge in [0.25, 0.3) is 0 Å². The third-order valence-electron chi connectivity index (χ3n) is 4.79. The van der Waals surface area contributed by atoms with Crippen LogP contribution in [0.25, 0.3) is 0 Å². The molecule has 1 aromatic rings. The van der Waals surface area contributed by atoms with E-state index in [-0.39, 0.29) is 17.8 Å². The van der Waals surface area contributed by atoms with Gasteiger partial charge >= 0.3 is 5.97 Å². The molecule has 0 bridgehead atoms. The highest BCUT2D eigenvalue weighted by molar-refractivity contribution is 5.68. The number of rotatable bonds is 5. The van der Waals surface area contributed by atoms with Crippen molar-refractivity contribution in [3.05, 3.63) is 35.1 Å². The zero-order chi connectivity index (χ0) is 15.5. The summed E-state index contributed by atoms with van der Waals surface area (Å²) < 4.78 is 13.4. The van der Waals surface area contributed by atoms with Crippen molar-refractivity contribution >= 4 is 5.97 Å². The van der Waals surface area contributed by atoms with Crippen LogP contribution in [0.3, 0.4) is 0 Å². The summed E-state index contributed by atoms with van der Waals surface area (Å²) in [7, 11) is 1.97. The highest BCUT2D eigenvalue weighted by Crippen LogP contribution is 2.36. The predicted molar refractivity (Wildman–Crippen MR) is 80.7 cm³/mol. The van der Waals surface area contributed by atoms with Gasteiger partial charge in [-0.2, -0.15) is 0 Å². The fourth-order valence-corrected chi connectivity index (χ4v) is 3.42. The summed E-state index contributed by atoms with van der Waals surface area (Å²) in [5.41, 5.74) is 1.69. The molecule has 1 aliphatic rings. The van der Waals surface area contributed by atoms with Crippen LogP contribution in [0.15, 0.2) is 18.2 Å². The normalized spacial score (nSPS) is 17.9. The molecular formula is C17H24FNO2. The number of benzene rings is 1. The Balaban J connectivity index is 2.19. The largest absolute Gasteiger partial charge is 0.481 e. The van der Waals surface area contributed by atoms with Crippen LogP contribution >= 0.6 is 0 Å². The first-order chi connectivity index (χ1) is 9.93. The monoisotopic (exact) mass is 293 g/mol. The van der Waals surface area contributed by atoms with Gasteiger partial charge in [0.2, 0.25) is 0 Å². The van der Waals surface area contributed by atoms with Crippen LogP contribution in [0.1, 0.15) is 49.7 Å². The molecule has 0 heterocycles.